The van der Waals surface area contributed by atoms with Gasteiger partial charge in [-0.05, 0) is 29.7 Å². The standard InChI is InChI=1S/C19H19N3O5/c1-12(2)13-4-3-5-14(8-13)20-18(23)10-21-16-9-15(22(25)26)6-7-17(16)27-11-19(21)24/h3-9,12H,10-11H2,1-2H3,(H,20,23). The molecule has 1 aliphatic rings. The first-order valence-electron chi connectivity index (χ1n) is 8.46. The lowest BCUT2D eigenvalue weighted by molar-refractivity contribution is -0.384. The number of fused-ring (bicyclic) bond motifs is 1. The van der Waals surface area contributed by atoms with Gasteiger partial charge in [0.2, 0.25) is 5.91 Å². The van der Waals surface area contributed by atoms with Crippen LogP contribution in [0.3, 0.4) is 0 Å². The maximum absolute atomic E-state index is 12.5. The number of anilines is 2. The number of benzene rings is 2. The van der Waals surface area contributed by atoms with Gasteiger partial charge in [0.25, 0.3) is 11.6 Å². The zero-order valence-corrected chi connectivity index (χ0v) is 15.0. The molecule has 0 atom stereocenters. The quantitative estimate of drug-likeness (QED) is 0.645. The number of ether oxygens (including phenoxy) is 1. The fraction of sp³-hybridized carbons (Fsp3) is 0.263. The fourth-order valence-electron chi connectivity index (χ4n) is 2.80. The molecular weight excluding hydrogens is 350 g/mol. The Morgan fingerprint density at radius 2 is 2.07 bits per heavy atom. The topological polar surface area (TPSA) is 102 Å². The third kappa shape index (κ3) is 4.05. The maximum atomic E-state index is 12.5. The van der Waals surface area contributed by atoms with E-state index in [-0.39, 0.29) is 24.5 Å². The molecule has 2 aromatic carbocycles. The van der Waals surface area contributed by atoms with Crippen LogP contribution in [0.5, 0.6) is 5.75 Å². The van der Waals surface area contributed by atoms with E-state index in [4.69, 9.17) is 4.74 Å². The van der Waals surface area contributed by atoms with E-state index in [2.05, 4.69) is 19.2 Å². The van der Waals surface area contributed by atoms with Crippen LogP contribution >= 0.6 is 0 Å². The van der Waals surface area contributed by atoms with Crippen molar-refractivity contribution in [2.24, 2.45) is 0 Å². The molecule has 0 bridgehead atoms. The Morgan fingerprint density at radius 1 is 1.30 bits per heavy atom. The predicted octanol–water partition coefficient (Wildman–Crippen LogP) is 3.08. The van der Waals surface area contributed by atoms with Crippen molar-refractivity contribution in [1.29, 1.82) is 0 Å². The second kappa shape index (κ2) is 7.45. The fourth-order valence-corrected chi connectivity index (χ4v) is 2.80. The van der Waals surface area contributed by atoms with Gasteiger partial charge in [0.15, 0.2) is 6.61 Å². The number of rotatable bonds is 5. The van der Waals surface area contributed by atoms with Crippen LogP contribution in [0, 0.1) is 10.1 Å². The average molecular weight is 369 g/mol. The number of hydrogen-bond acceptors (Lipinski definition) is 5. The minimum atomic E-state index is -0.560. The van der Waals surface area contributed by atoms with Gasteiger partial charge < -0.3 is 10.1 Å². The molecule has 1 heterocycles. The molecule has 0 saturated carbocycles. The van der Waals surface area contributed by atoms with E-state index in [0.717, 1.165) is 5.56 Å². The summed E-state index contributed by atoms with van der Waals surface area (Å²) in [7, 11) is 0. The summed E-state index contributed by atoms with van der Waals surface area (Å²) in [4.78, 5) is 36.3. The van der Waals surface area contributed by atoms with Crippen molar-refractivity contribution in [2.75, 3.05) is 23.4 Å². The second-order valence-electron chi connectivity index (χ2n) is 6.51. The van der Waals surface area contributed by atoms with Crippen molar-refractivity contribution < 1.29 is 19.2 Å². The van der Waals surface area contributed by atoms with E-state index >= 15 is 0 Å². The molecule has 8 heteroatoms. The first kappa shape index (κ1) is 18.4. The highest BCUT2D eigenvalue weighted by atomic mass is 16.6. The molecule has 0 fully saturated rings. The van der Waals surface area contributed by atoms with E-state index in [1.165, 1.54) is 23.1 Å². The Hall–Kier alpha value is -3.42. The first-order valence-corrected chi connectivity index (χ1v) is 8.46. The number of nitrogens with one attached hydrogen (secondary N) is 1. The number of non-ortho nitro benzene ring substituents is 1. The summed E-state index contributed by atoms with van der Waals surface area (Å²) in [5, 5.41) is 13.8. The van der Waals surface area contributed by atoms with Gasteiger partial charge in [-0.25, -0.2) is 0 Å². The molecule has 27 heavy (non-hydrogen) atoms. The molecule has 0 spiro atoms. The Bertz CT molecular complexity index is 910. The largest absolute Gasteiger partial charge is 0.482 e. The molecular formula is C19H19N3O5. The highest BCUT2D eigenvalue weighted by Crippen LogP contribution is 2.35. The summed E-state index contributed by atoms with van der Waals surface area (Å²) in [5.41, 5.74) is 1.75. The zero-order chi connectivity index (χ0) is 19.6. The van der Waals surface area contributed by atoms with E-state index < -0.39 is 16.7 Å². The molecule has 0 radical (unpaired) electrons. The van der Waals surface area contributed by atoms with E-state index in [1.807, 2.05) is 18.2 Å². The Balaban J connectivity index is 1.80. The molecule has 140 valence electrons. The summed E-state index contributed by atoms with van der Waals surface area (Å²) >= 11 is 0. The number of carbonyl (C=O) groups is 2. The monoisotopic (exact) mass is 369 g/mol. The van der Waals surface area contributed by atoms with Crippen LogP contribution in [0.4, 0.5) is 17.1 Å². The lowest BCUT2D eigenvalue weighted by Crippen LogP contribution is -2.43. The number of nitro groups is 1. The van der Waals surface area contributed by atoms with Crippen LogP contribution in [0.1, 0.15) is 25.3 Å². The number of amides is 2. The molecule has 0 saturated heterocycles. The molecule has 0 unspecified atom stereocenters. The number of carbonyl (C=O) groups excluding carboxylic acids is 2. The minimum Gasteiger partial charge on any atom is -0.482 e. The van der Waals surface area contributed by atoms with E-state index in [9.17, 15) is 19.7 Å². The smallest absolute Gasteiger partial charge is 0.271 e. The Morgan fingerprint density at radius 3 is 2.78 bits per heavy atom. The summed E-state index contributed by atoms with van der Waals surface area (Å²) in [6.45, 7) is 3.62. The molecule has 3 rings (SSSR count). The summed E-state index contributed by atoms with van der Waals surface area (Å²) < 4.78 is 5.30. The van der Waals surface area contributed by atoms with Gasteiger partial charge in [-0.15, -0.1) is 0 Å². The number of hydrogen-bond donors (Lipinski definition) is 1. The van der Waals surface area contributed by atoms with Crippen LogP contribution in [-0.2, 0) is 9.59 Å². The maximum Gasteiger partial charge on any atom is 0.271 e. The average Bonchev–Trinajstić information content (AvgIpc) is 2.63. The van der Waals surface area contributed by atoms with Gasteiger partial charge in [-0.2, -0.15) is 0 Å². The molecule has 2 amide bonds. The molecule has 2 aromatic rings. The summed E-state index contributed by atoms with van der Waals surface area (Å²) in [5.74, 6) is -0.192. The normalized spacial score (nSPS) is 13.1. The third-order valence-electron chi connectivity index (χ3n) is 4.24. The van der Waals surface area contributed by atoms with Gasteiger partial charge in [0.1, 0.15) is 12.3 Å². The molecule has 1 N–H and O–H groups in total. The number of nitro benzene ring substituents is 1. The van der Waals surface area contributed by atoms with Crippen LogP contribution < -0.4 is 15.0 Å². The number of nitrogens with zero attached hydrogens (tertiary/aromatic N) is 2. The highest BCUT2D eigenvalue weighted by molar-refractivity contribution is 6.05. The molecule has 8 nitrogen and oxygen atoms in total. The highest BCUT2D eigenvalue weighted by Gasteiger charge is 2.29. The first-order chi connectivity index (χ1) is 12.8. The van der Waals surface area contributed by atoms with Gasteiger partial charge >= 0.3 is 0 Å². The lowest BCUT2D eigenvalue weighted by atomic mass is 10.0. The van der Waals surface area contributed by atoms with Crippen molar-refractivity contribution in [1.82, 2.24) is 0 Å². The van der Waals surface area contributed by atoms with Crippen LogP contribution in [-0.4, -0.2) is 29.9 Å². The van der Waals surface area contributed by atoms with Gasteiger partial charge in [0.05, 0.1) is 10.6 Å². The SMILES string of the molecule is CC(C)c1cccc(NC(=O)CN2C(=O)COc3ccc([N+](=O)[O-])cc32)c1. The van der Waals surface area contributed by atoms with Crippen molar-refractivity contribution in [3.8, 4) is 5.75 Å². The third-order valence-corrected chi connectivity index (χ3v) is 4.24. The van der Waals surface area contributed by atoms with Crippen molar-refractivity contribution in [3.63, 3.8) is 0 Å². The Labute approximate surface area is 155 Å². The zero-order valence-electron chi connectivity index (χ0n) is 15.0. The van der Waals surface area contributed by atoms with Gasteiger partial charge in [-0.3, -0.25) is 24.6 Å². The van der Waals surface area contributed by atoms with E-state index in [0.29, 0.717) is 17.4 Å². The lowest BCUT2D eigenvalue weighted by Gasteiger charge is -2.28. The second-order valence-corrected chi connectivity index (χ2v) is 6.51. The molecule has 0 aromatic heterocycles. The van der Waals surface area contributed by atoms with Gasteiger partial charge in [-0.1, -0.05) is 26.0 Å². The van der Waals surface area contributed by atoms with Gasteiger partial charge in [0, 0.05) is 17.8 Å². The van der Waals surface area contributed by atoms with Crippen molar-refractivity contribution >= 4 is 28.9 Å². The van der Waals surface area contributed by atoms with Crippen LogP contribution in [0.15, 0.2) is 42.5 Å². The van der Waals surface area contributed by atoms with Crippen LogP contribution in [0.2, 0.25) is 0 Å². The summed E-state index contributed by atoms with van der Waals surface area (Å²) in [6.07, 6.45) is 0. The van der Waals surface area contributed by atoms with Crippen molar-refractivity contribution in [2.45, 2.75) is 19.8 Å². The van der Waals surface area contributed by atoms with Crippen molar-refractivity contribution in [3.05, 3.63) is 58.1 Å². The Kier molecular flexibility index (Phi) is 5.07. The predicted molar refractivity (Wildman–Crippen MR) is 100 cm³/mol. The van der Waals surface area contributed by atoms with Crippen LogP contribution in [0.25, 0.3) is 0 Å². The minimum absolute atomic E-state index is 0.179. The molecule has 0 aliphatic carbocycles. The summed E-state index contributed by atoms with van der Waals surface area (Å²) in [6, 6.07) is 11.4. The van der Waals surface area contributed by atoms with E-state index in [1.54, 1.807) is 6.07 Å². The molecule has 1 aliphatic heterocycles.